The number of aromatic nitrogens is 1. The number of aliphatic imine (C=N–C) groups is 1. The molecule has 9 heteroatoms. The number of nitrogens with zero attached hydrogens (tertiary/aromatic N) is 4. The van der Waals surface area contributed by atoms with Crippen molar-refractivity contribution in [3.05, 3.63) is 17.0 Å². The first kappa shape index (κ1) is 21.2. The summed E-state index contributed by atoms with van der Waals surface area (Å²) in [5, 5.41) is 10.3. The molecule has 1 aliphatic heterocycles. The topological polar surface area (TPSA) is 95.2 Å². The SMILES string of the molecule is CN=C(NCCc1c(C)noc1C)N1CCN(CC(=O)NCCOC)CC1. The number of aryl methyl sites for hydroxylation is 2. The molecule has 0 atom stereocenters. The molecule has 0 spiro atoms. The molecule has 0 aliphatic carbocycles. The van der Waals surface area contributed by atoms with Crippen molar-refractivity contribution in [2.24, 2.45) is 4.99 Å². The summed E-state index contributed by atoms with van der Waals surface area (Å²) in [4.78, 5) is 20.7. The molecule has 2 rings (SSSR count). The number of carbonyl (C=O) groups is 1. The second kappa shape index (κ2) is 10.9. The Morgan fingerprint density at radius 2 is 1.96 bits per heavy atom. The van der Waals surface area contributed by atoms with Crippen LogP contribution in [0.5, 0.6) is 0 Å². The Morgan fingerprint density at radius 1 is 1.22 bits per heavy atom. The highest BCUT2D eigenvalue weighted by Crippen LogP contribution is 2.12. The number of rotatable bonds is 8. The molecule has 1 aromatic heterocycles. The number of ether oxygens (including phenoxy) is 1. The molecule has 0 radical (unpaired) electrons. The summed E-state index contributed by atoms with van der Waals surface area (Å²) in [6.45, 7) is 9.55. The van der Waals surface area contributed by atoms with Gasteiger partial charge in [0.15, 0.2) is 5.96 Å². The first-order valence-electron chi connectivity index (χ1n) is 9.40. The Morgan fingerprint density at radius 3 is 2.56 bits per heavy atom. The first-order valence-corrected chi connectivity index (χ1v) is 9.40. The lowest BCUT2D eigenvalue weighted by atomic mass is 10.1. The fourth-order valence-electron chi connectivity index (χ4n) is 3.16. The van der Waals surface area contributed by atoms with E-state index in [2.05, 4.69) is 30.6 Å². The van der Waals surface area contributed by atoms with Crippen molar-refractivity contribution >= 4 is 11.9 Å². The molecule has 2 heterocycles. The number of hydrogen-bond acceptors (Lipinski definition) is 6. The van der Waals surface area contributed by atoms with Crippen molar-refractivity contribution in [1.82, 2.24) is 25.6 Å². The van der Waals surface area contributed by atoms with Gasteiger partial charge in [-0.15, -0.1) is 0 Å². The highest BCUT2D eigenvalue weighted by Gasteiger charge is 2.21. The van der Waals surface area contributed by atoms with E-state index in [-0.39, 0.29) is 5.91 Å². The van der Waals surface area contributed by atoms with Gasteiger partial charge in [-0.25, -0.2) is 0 Å². The van der Waals surface area contributed by atoms with Crippen molar-refractivity contribution in [1.29, 1.82) is 0 Å². The quantitative estimate of drug-likeness (QED) is 0.366. The molecular formula is C18H32N6O3. The number of nitrogens with one attached hydrogen (secondary N) is 2. The van der Waals surface area contributed by atoms with Crippen LogP contribution in [-0.2, 0) is 16.0 Å². The average Bonchev–Trinajstić information content (AvgIpc) is 2.98. The van der Waals surface area contributed by atoms with Crippen LogP contribution in [0.3, 0.4) is 0 Å². The minimum absolute atomic E-state index is 0.0440. The van der Waals surface area contributed by atoms with Gasteiger partial charge in [-0.05, 0) is 20.3 Å². The second-order valence-corrected chi connectivity index (χ2v) is 6.63. The van der Waals surface area contributed by atoms with Crippen LogP contribution in [0.1, 0.15) is 17.0 Å². The van der Waals surface area contributed by atoms with Gasteiger partial charge < -0.3 is 24.8 Å². The maximum atomic E-state index is 11.9. The van der Waals surface area contributed by atoms with Gasteiger partial charge in [0.1, 0.15) is 5.76 Å². The Kier molecular flexibility index (Phi) is 8.53. The molecule has 0 unspecified atom stereocenters. The number of hydrogen-bond donors (Lipinski definition) is 2. The largest absolute Gasteiger partial charge is 0.383 e. The van der Waals surface area contributed by atoms with Crippen molar-refractivity contribution in [2.75, 3.05) is 66.6 Å². The minimum atomic E-state index is 0.0440. The molecule has 1 aromatic rings. The Balaban J connectivity index is 1.71. The van der Waals surface area contributed by atoms with E-state index in [1.807, 2.05) is 13.8 Å². The molecule has 1 fully saturated rings. The van der Waals surface area contributed by atoms with Crippen LogP contribution in [0.4, 0.5) is 0 Å². The molecule has 0 saturated carbocycles. The molecule has 0 bridgehead atoms. The number of guanidine groups is 1. The summed E-state index contributed by atoms with van der Waals surface area (Å²) in [6, 6.07) is 0. The smallest absolute Gasteiger partial charge is 0.234 e. The van der Waals surface area contributed by atoms with Gasteiger partial charge in [-0.3, -0.25) is 14.7 Å². The van der Waals surface area contributed by atoms with Crippen LogP contribution in [-0.4, -0.2) is 93.4 Å². The number of piperazine rings is 1. The molecule has 1 amide bonds. The zero-order chi connectivity index (χ0) is 19.6. The van der Waals surface area contributed by atoms with Crippen molar-refractivity contribution in [3.63, 3.8) is 0 Å². The summed E-state index contributed by atoms with van der Waals surface area (Å²) in [7, 11) is 3.43. The molecule has 27 heavy (non-hydrogen) atoms. The van der Waals surface area contributed by atoms with Gasteiger partial charge in [0.05, 0.1) is 18.8 Å². The van der Waals surface area contributed by atoms with Gasteiger partial charge in [-0.1, -0.05) is 5.16 Å². The van der Waals surface area contributed by atoms with E-state index >= 15 is 0 Å². The van der Waals surface area contributed by atoms with E-state index < -0.39 is 0 Å². The van der Waals surface area contributed by atoms with Gasteiger partial charge in [0, 0.05) is 59.0 Å². The zero-order valence-electron chi connectivity index (χ0n) is 16.9. The molecule has 152 valence electrons. The summed E-state index contributed by atoms with van der Waals surface area (Å²) < 4.78 is 10.1. The number of amides is 1. The molecular weight excluding hydrogens is 348 g/mol. The fourth-order valence-corrected chi connectivity index (χ4v) is 3.16. The van der Waals surface area contributed by atoms with Crippen molar-refractivity contribution in [3.8, 4) is 0 Å². The molecule has 9 nitrogen and oxygen atoms in total. The van der Waals surface area contributed by atoms with Crippen LogP contribution >= 0.6 is 0 Å². The van der Waals surface area contributed by atoms with E-state index in [0.717, 1.165) is 62.1 Å². The Labute approximate surface area is 161 Å². The average molecular weight is 380 g/mol. The minimum Gasteiger partial charge on any atom is -0.383 e. The molecule has 2 N–H and O–H groups in total. The summed E-state index contributed by atoms with van der Waals surface area (Å²) in [5.74, 6) is 1.81. The van der Waals surface area contributed by atoms with Gasteiger partial charge in [-0.2, -0.15) is 0 Å². The van der Waals surface area contributed by atoms with Gasteiger partial charge in [0.2, 0.25) is 5.91 Å². The Bertz CT molecular complexity index is 603. The zero-order valence-corrected chi connectivity index (χ0v) is 16.9. The number of carbonyl (C=O) groups excluding carboxylic acids is 1. The van der Waals surface area contributed by atoms with Crippen LogP contribution in [0, 0.1) is 13.8 Å². The molecule has 0 aromatic carbocycles. The lowest BCUT2D eigenvalue weighted by Crippen LogP contribution is -2.54. The highest BCUT2D eigenvalue weighted by atomic mass is 16.5. The predicted octanol–water partition coefficient (Wildman–Crippen LogP) is -0.210. The first-order chi connectivity index (χ1) is 13.0. The predicted molar refractivity (Wildman–Crippen MR) is 104 cm³/mol. The van der Waals surface area contributed by atoms with E-state index in [0.29, 0.717) is 19.7 Å². The standard InChI is InChI=1S/C18H32N6O3/c1-14-16(15(2)27-22-14)5-6-21-18(19-3)24-10-8-23(9-11-24)13-17(25)20-7-12-26-4/h5-13H2,1-4H3,(H,19,21)(H,20,25). The van der Waals surface area contributed by atoms with Crippen LogP contribution in [0.2, 0.25) is 0 Å². The lowest BCUT2D eigenvalue weighted by molar-refractivity contribution is -0.122. The van der Waals surface area contributed by atoms with E-state index in [4.69, 9.17) is 9.26 Å². The van der Waals surface area contributed by atoms with Gasteiger partial charge >= 0.3 is 0 Å². The van der Waals surface area contributed by atoms with E-state index in [1.54, 1.807) is 14.2 Å². The van der Waals surface area contributed by atoms with E-state index in [1.165, 1.54) is 0 Å². The third-order valence-electron chi connectivity index (χ3n) is 4.72. The fraction of sp³-hybridized carbons (Fsp3) is 0.722. The van der Waals surface area contributed by atoms with E-state index in [9.17, 15) is 4.79 Å². The normalized spacial score (nSPS) is 15.9. The summed E-state index contributed by atoms with van der Waals surface area (Å²) in [5.41, 5.74) is 2.10. The summed E-state index contributed by atoms with van der Waals surface area (Å²) in [6.07, 6.45) is 0.849. The summed E-state index contributed by atoms with van der Waals surface area (Å²) >= 11 is 0. The Hall–Kier alpha value is -2.13. The van der Waals surface area contributed by atoms with Crippen molar-refractivity contribution < 1.29 is 14.1 Å². The van der Waals surface area contributed by atoms with Crippen LogP contribution in [0.25, 0.3) is 0 Å². The highest BCUT2D eigenvalue weighted by molar-refractivity contribution is 5.80. The third-order valence-corrected chi connectivity index (χ3v) is 4.72. The molecule has 1 aliphatic rings. The second-order valence-electron chi connectivity index (χ2n) is 6.63. The lowest BCUT2D eigenvalue weighted by Gasteiger charge is -2.36. The van der Waals surface area contributed by atoms with Crippen molar-refractivity contribution in [2.45, 2.75) is 20.3 Å². The van der Waals surface area contributed by atoms with Gasteiger partial charge in [0.25, 0.3) is 0 Å². The van der Waals surface area contributed by atoms with Crippen LogP contribution in [0.15, 0.2) is 9.52 Å². The molecule has 1 saturated heterocycles. The maximum Gasteiger partial charge on any atom is 0.234 e. The third kappa shape index (κ3) is 6.51. The maximum absolute atomic E-state index is 11.9. The monoisotopic (exact) mass is 380 g/mol. The van der Waals surface area contributed by atoms with Crippen LogP contribution < -0.4 is 10.6 Å². The number of methoxy groups -OCH3 is 1.